The molecule has 4 aromatic rings. The number of aromatic nitrogens is 4. The van der Waals surface area contributed by atoms with Crippen LogP contribution in [0.25, 0.3) is 11.2 Å². The van der Waals surface area contributed by atoms with Crippen LogP contribution in [0.2, 0.25) is 0 Å². The SMILES string of the molecule is CC(=O)Nc1nc(OCc2ccccc2)c2c(n1)nc(Br)n2Cc1ccccc1. The van der Waals surface area contributed by atoms with Crippen LogP contribution >= 0.6 is 15.9 Å². The van der Waals surface area contributed by atoms with Crippen LogP contribution in [0.5, 0.6) is 5.88 Å². The predicted molar refractivity (Wildman–Crippen MR) is 114 cm³/mol. The highest BCUT2D eigenvalue weighted by Crippen LogP contribution is 2.29. The number of anilines is 1. The number of amides is 1. The van der Waals surface area contributed by atoms with Crippen molar-refractivity contribution < 1.29 is 9.53 Å². The molecular weight excluding hydrogens is 434 g/mol. The van der Waals surface area contributed by atoms with E-state index in [-0.39, 0.29) is 11.9 Å². The van der Waals surface area contributed by atoms with Crippen LogP contribution in [0, 0.1) is 0 Å². The average molecular weight is 452 g/mol. The smallest absolute Gasteiger partial charge is 0.245 e. The fourth-order valence-electron chi connectivity index (χ4n) is 2.93. The summed E-state index contributed by atoms with van der Waals surface area (Å²) in [5.41, 5.74) is 3.21. The Kier molecular flexibility index (Phi) is 5.53. The molecule has 146 valence electrons. The molecule has 2 heterocycles. The summed E-state index contributed by atoms with van der Waals surface area (Å²) in [5, 5.41) is 2.61. The maximum Gasteiger partial charge on any atom is 0.245 e. The van der Waals surface area contributed by atoms with E-state index in [4.69, 9.17) is 4.74 Å². The zero-order valence-electron chi connectivity index (χ0n) is 15.7. The highest BCUT2D eigenvalue weighted by molar-refractivity contribution is 9.10. The van der Waals surface area contributed by atoms with Gasteiger partial charge in [-0.3, -0.25) is 10.1 Å². The summed E-state index contributed by atoms with van der Waals surface area (Å²) in [5.74, 6) is 0.253. The molecule has 0 spiro atoms. The monoisotopic (exact) mass is 451 g/mol. The second kappa shape index (κ2) is 8.40. The maximum absolute atomic E-state index is 11.5. The van der Waals surface area contributed by atoms with Crippen molar-refractivity contribution in [3.8, 4) is 5.88 Å². The van der Waals surface area contributed by atoms with E-state index in [1.54, 1.807) is 0 Å². The van der Waals surface area contributed by atoms with E-state index in [1.165, 1.54) is 6.92 Å². The lowest BCUT2D eigenvalue weighted by atomic mass is 10.2. The van der Waals surface area contributed by atoms with Crippen LogP contribution in [0.1, 0.15) is 18.1 Å². The number of hydrogen-bond donors (Lipinski definition) is 1. The van der Waals surface area contributed by atoms with Gasteiger partial charge in [-0.1, -0.05) is 60.7 Å². The number of halogens is 1. The molecule has 4 rings (SSSR count). The Morgan fingerprint density at radius 1 is 1.00 bits per heavy atom. The molecule has 0 unspecified atom stereocenters. The van der Waals surface area contributed by atoms with E-state index < -0.39 is 0 Å². The number of imidazole rings is 1. The first-order valence-corrected chi connectivity index (χ1v) is 9.81. The van der Waals surface area contributed by atoms with Crippen LogP contribution < -0.4 is 10.1 Å². The number of ether oxygens (including phenoxy) is 1. The molecule has 2 aromatic heterocycles. The van der Waals surface area contributed by atoms with Gasteiger partial charge in [0.15, 0.2) is 15.9 Å². The fourth-order valence-corrected chi connectivity index (χ4v) is 3.40. The van der Waals surface area contributed by atoms with Crippen molar-refractivity contribution in [3.63, 3.8) is 0 Å². The van der Waals surface area contributed by atoms with Crippen molar-refractivity contribution in [2.75, 3.05) is 5.32 Å². The summed E-state index contributed by atoms with van der Waals surface area (Å²) < 4.78 is 8.59. The normalized spacial score (nSPS) is 10.8. The lowest BCUT2D eigenvalue weighted by Crippen LogP contribution is -2.11. The van der Waals surface area contributed by atoms with Crippen LogP contribution in [0.15, 0.2) is 65.4 Å². The van der Waals surface area contributed by atoms with Gasteiger partial charge in [-0.2, -0.15) is 9.97 Å². The van der Waals surface area contributed by atoms with Crippen LogP contribution in [0.4, 0.5) is 5.95 Å². The van der Waals surface area contributed by atoms with Gasteiger partial charge in [-0.25, -0.2) is 4.98 Å². The minimum Gasteiger partial charge on any atom is -0.471 e. The van der Waals surface area contributed by atoms with Gasteiger partial charge in [-0.05, 0) is 27.1 Å². The highest BCUT2D eigenvalue weighted by atomic mass is 79.9. The summed E-state index contributed by atoms with van der Waals surface area (Å²) >= 11 is 3.51. The van der Waals surface area contributed by atoms with Gasteiger partial charge in [0, 0.05) is 6.92 Å². The number of nitrogens with zero attached hydrogens (tertiary/aromatic N) is 4. The first-order chi connectivity index (χ1) is 14.1. The minimum atomic E-state index is -0.263. The van der Waals surface area contributed by atoms with Gasteiger partial charge in [0.05, 0.1) is 6.54 Å². The van der Waals surface area contributed by atoms with Gasteiger partial charge in [0.1, 0.15) is 6.61 Å². The van der Waals surface area contributed by atoms with Gasteiger partial charge >= 0.3 is 0 Å². The second-order valence-corrected chi connectivity index (χ2v) is 7.14. The predicted octanol–water partition coefficient (Wildman–Crippen LogP) is 4.17. The molecule has 0 saturated heterocycles. The Morgan fingerprint density at radius 2 is 1.66 bits per heavy atom. The molecule has 1 N–H and O–H groups in total. The molecule has 2 aromatic carbocycles. The lowest BCUT2D eigenvalue weighted by molar-refractivity contribution is -0.114. The largest absolute Gasteiger partial charge is 0.471 e. The molecule has 0 radical (unpaired) electrons. The van der Waals surface area contributed by atoms with Crippen molar-refractivity contribution in [2.45, 2.75) is 20.1 Å². The van der Waals surface area contributed by atoms with E-state index in [9.17, 15) is 4.79 Å². The van der Waals surface area contributed by atoms with Gasteiger partial charge in [0.25, 0.3) is 0 Å². The van der Waals surface area contributed by atoms with E-state index >= 15 is 0 Å². The Balaban J connectivity index is 1.77. The average Bonchev–Trinajstić information content (AvgIpc) is 3.02. The van der Waals surface area contributed by atoms with Gasteiger partial charge in [0.2, 0.25) is 17.7 Å². The highest BCUT2D eigenvalue weighted by Gasteiger charge is 2.19. The summed E-state index contributed by atoms with van der Waals surface area (Å²) in [4.78, 5) is 24.8. The molecule has 0 aliphatic rings. The number of fused-ring (bicyclic) bond motifs is 1. The Morgan fingerprint density at radius 3 is 2.31 bits per heavy atom. The topological polar surface area (TPSA) is 81.9 Å². The third-order valence-corrected chi connectivity index (χ3v) is 4.82. The number of benzene rings is 2. The molecule has 0 bridgehead atoms. The Bertz CT molecular complexity index is 1150. The summed E-state index contributed by atoms with van der Waals surface area (Å²) in [6.45, 7) is 2.31. The van der Waals surface area contributed by atoms with Crippen molar-refractivity contribution >= 4 is 38.9 Å². The number of nitrogens with one attached hydrogen (secondary N) is 1. The Labute approximate surface area is 175 Å². The van der Waals surface area contributed by atoms with Crippen molar-refractivity contribution in [1.82, 2.24) is 19.5 Å². The summed E-state index contributed by atoms with van der Waals surface area (Å²) in [6, 6.07) is 19.8. The second-order valence-electron chi connectivity index (χ2n) is 6.43. The van der Waals surface area contributed by atoms with Crippen molar-refractivity contribution in [1.29, 1.82) is 0 Å². The molecule has 0 saturated carbocycles. The summed E-state index contributed by atoms with van der Waals surface area (Å²) in [7, 11) is 0. The number of carbonyl (C=O) groups is 1. The molecule has 0 fully saturated rings. The first-order valence-electron chi connectivity index (χ1n) is 9.02. The van der Waals surface area contributed by atoms with Gasteiger partial charge < -0.3 is 9.30 Å². The zero-order chi connectivity index (χ0) is 20.2. The molecule has 1 amide bonds. The maximum atomic E-state index is 11.5. The van der Waals surface area contributed by atoms with E-state index in [2.05, 4.69) is 36.2 Å². The first kappa shape index (κ1) is 19.1. The lowest BCUT2D eigenvalue weighted by Gasteiger charge is -2.11. The van der Waals surface area contributed by atoms with Gasteiger partial charge in [-0.15, -0.1) is 0 Å². The number of hydrogen-bond acceptors (Lipinski definition) is 5. The minimum absolute atomic E-state index is 0.157. The standard InChI is InChI=1S/C21H18BrN5O2/c1-14(28)23-21-25-18-17(19(26-21)29-13-16-10-6-3-7-11-16)27(20(22)24-18)12-15-8-4-2-5-9-15/h2-11H,12-13H2,1H3,(H,23,25,26,28). The molecule has 0 aliphatic heterocycles. The quantitative estimate of drug-likeness (QED) is 0.444. The third kappa shape index (κ3) is 4.43. The Hall–Kier alpha value is -3.26. The van der Waals surface area contributed by atoms with Crippen molar-refractivity contribution in [3.05, 3.63) is 76.5 Å². The molecule has 0 atom stereocenters. The van der Waals surface area contributed by atoms with Crippen LogP contribution in [-0.2, 0) is 17.9 Å². The molecule has 7 nitrogen and oxygen atoms in total. The van der Waals surface area contributed by atoms with Crippen LogP contribution in [0.3, 0.4) is 0 Å². The number of rotatable bonds is 6. The third-order valence-electron chi connectivity index (χ3n) is 4.21. The molecule has 8 heteroatoms. The zero-order valence-corrected chi connectivity index (χ0v) is 17.3. The summed E-state index contributed by atoms with van der Waals surface area (Å²) in [6.07, 6.45) is 0. The van der Waals surface area contributed by atoms with Crippen LogP contribution in [-0.4, -0.2) is 25.4 Å². The van der Waals surface area contributed by atoms with E-state index in [0.717, 1.165) is 11.1 Å². The van der Waals surface area contributed by atoms with E-state index in [1.807, 2.05) is 65.2 Å². The molecule has 0 aliphatic carbocycles. The molecule has 29 heavy (non-hydrogen) atoms. The van der Waals surface area contributed by atoms with Crippen molar-refractivity contribution in [2.24, 2.45) is 0 Å². The number of carbonyl (C=O) groups excluding carboxylic acids is 1. The fraction of sp³-hybridized carbons (Fsp3) is 0.143. The molecular formula is C21H18BrN5O2. The van der Waals surface area contributed by atoms with E-state index in [0.29, 0.717) is 34.9 Å².